The van der Waals surface area contributed by atoms with Crippen molar-refractivity contribution in [2.75, 3.05) is 18.9 Å². The average Bonchev–Trinajstić information content (AvgIpc) is 3.22. The first-order valence-corrected chi connectivity index (χ1v) is 12.5. The quantitative estimate of drug-likeness (QED) is 0.528. The number of nitrogens with zero attached hydrogens (tertiary/aromatic N) is 4. The lowest BCUT2D eigenvalue weighted by molar-refractivity contribution is -0.147. The first-order chi connectivity index (χ1) is 17.1. The van der Waals surface area contributed by atoms with Crippen LogP contribution in [0.4, 0.5) is 10.5 Å². The molecule has 1 aliphatic carbocycles. The summed E-state index contributed by atoms with van der Waals surface area (Å²) in [6.07, 6.45) is 4.93. The number of hydrogen-bond acceptors (Lipinski definition) is 6. The van der Waals surface area contributed by atoms with Gasteiger partial charge in [0, 0.05) is 26.2 Å². The lowest BCUT2D eigenvalue weighted by Crippen LogP contribution is -2.36. The molecule has 2 amide bonds. The Morgan fingerprint density at radius 1 is 1.22 bits per heavy atom. The van der Waals surface area contributed by atoms with Gasteiger partial charge in [0.15, 0.2) is 0 Å². The smallest absolute Gasteiger partial charge is 0.409 e. The van der Waals surface area contributed by atoms with Crippen molar-refractivity contribution >= 4 is 23.7 Å². The van der Waals surface area contributed by atoms with Crippen LogP contribution >= 0.6 is 0 Å². The van der Waals surface area contributed by atoms with E-state index < -0.39 is 23.9 Å². The summed E-state index contributed by atoms with van der Waals surface area (Å²) in [6, 6.07) is 3.53. The van der Waals surface area contributed by atoms with Crippen molar-refractivity contribution in [3.63, 3.8) is 0 Å². The zero-order chi connectivity index (χ0) is 26.4. The van der Waals surface area contributed by atoms with Gasteiger partial charge in [-0.2, -0.15) is 5.10 Å². The fourth-order valence-corrected chi connectivity index (χ4v) is 4.44. The molecule has 0 aliphatic heterocycles. The van der Waals surface area contributed by atoms with Gasteiger partial charge in [-0.3, -0.25) is 19.3 Å². The van der Waals surface area contributed by atoms with Crippen LogP contribution in [0.25, 0.3) is 11.3 Å². The van der Waals surface area contributed by atoms with E-state index in [0.717, 1.165) is 24.8 Å². The molecule has 0 bridgehead atoms. The highest BCUT2D eigenvalue weighted by Crippen LogP contribution is 2.32. The van der Waals surface area contributed by atoms with Crippen molar-refractivity contribution in [2.24, 2.45) is 24.8 Å². The summed E-state index contributed by atoms with van der Waals surface area (Å²) < 4.78 is 7.17. The molecular weight excluding hydrogens is 462 g/mol. The SMILES string of the molecule is Cc1nc(-c2cnn(C)c2COC(=O)N(C)CCC(C)C)ccc1NC(=O)C1CCCCC1C(=O)O. The minimum atomic E-state index is -0.920. The second-order valence-corrected chi connectivity index (χ2v) is 9.94. The number of carboxylic acids is 1. The fraction of sp³-hybridized carbons (Fsp3) is 0.577. The Balaban J connectivity index is 1.70. The molecule has 2 atom stereocenters. The molecule has 2 unspecified atom stereocenters. The highest BCUT2D eigenvalue weighted by molar-refractivity contribution is 5.95. The molecule has 0 spiro atoms. The average molecular weight is 500 g/mol. The van der Waals surface area contributed by atoms with Gasteiger partial charge < -0.3 is 20.1 Å². The van der Waals surface area contributed by atoms with Crippen LogP contribution in [-0.2, 0) is 28.0 Å². The van der Waals surface area contributed by atoms with E-state index in [2.05, 4.69) is 29.2 Å². The van der Waals surface area contributed by atoms with Crippen molar-refractivity contribution in [3.8, 4) is 11.3 Å². The number of aromatic nitrogens is 3. The predicted octanol–water partition coefficient (Wildman–Crippen LogP) is 4.23. The minimum Gasteiger partial charge on any atom is -0.481 e. The first-order valence-electron chi connectivity index (χ1n) is 12.5. The van der Waals surface area contributed by atoms with E-state index in [4.69, 9.17) is 4.74 Å². The highest BCUT2D eigenvalue weighted by Gasteiger charge is 2.35. The Morgan fingerprint density at radius 3 is 2.56 bits per heavy atom. The van der Waals surface area contributed by atoms with Gasteiger partial charge in [-0.25, -0.2) is 4.79 Å². The summed E-state index contributed by atoms with van der Waals surface area (Å²) in [5.41, 5.74) is 3.22. The number of nitrogens with one attached hydrogen (secondary N) is 1. The molecule has 10 heteroatoms. The van der Waals surface area contributed by atoms with E-state index in [1.165, 1.54) is 0 Å². The monoisotopic (exact) mass is 499 g/mol. The number of aryl methyl sites for hydroxylation is 2. The molecule has 2 N–H and O–H groups in total. The number of carbonyl (C=O) groups excluding carboxylic acids is 2. The molecule has 2 heterocycles. The standard InChI is InChI=1S/C26H37N5O5/c1-16(2)12-13-30(4)26(35)36-15-23-20(14-27-31(23)5)22-11-10-21(17(3)28-22)29-24(32)18-8-6-7-9-19(18)25(33)34/h10-11,14,16,18-19H,6-9,12-13,15H2,1-5H3,(H,29,32)(H,33,34). The van der Waals surface area contributed by atoms with Crippen molar-refractivity contribution < 1.29 is 24.2 Å². The predicted molar refractivity (Wildman–Crippen MR) is 135 cm³/mol. The van der Waals surface area contributed by atoms with Gasteiger partial charge in [0.25, 0.3) is 0 Å². The lowest BCUT2D eigenvalue weighted by atomic mass is 9.78. The Labute approximate surface area is 212 Å². The molecule has 0 radical (unpaired) electrons. The normalized spacial score (nSPS) is 17.6. The topological polar surface area (TPSA) is 127 Å². The van der Waals surface area contributed by atoms with Gasteiger partial charge in [0.2, 0.25) is 5.91 Å². The van der Waals surface area contributed by atoms with Crippen LogP contribution in [0, 0.1) is 24.7 Å². The Hall–Kier alpha value is -3.43. The third kappa shape index (κ3) is 6.61. The van der Waals surface area contributed by atoms with E-state index in [0.29, 0.717) is 48.1 Å². The zero-order valence-corrected chi connectivity index (χ0v) is 21.8. The number of pyridine rings is 1. The highest BCUT2D eigenvalue weighted by atomic mass is 16.6. The third-order valence-corrected chi connectivity index (χ3v) is 6.79. The van der Waals surface area contributed by atoms with Crippen LogP contribution in [-0.4, -0.2) is 56.3 Å². The number of amides is 2. The molecule has 1 fully saturated rings. The van der Waals surface area contributed by atoms with Crippen molar-refractivity contribution in [1.82, 2.24) is 19.7 Å². The van der Waals surface area contributed by atoms with Crippen LogP contribution in [0.3, 0.4) is 0 Å². The van der Waals surface area contributed by atoms with E-state index >= 15 is 0 Å². The van der Waals surface area contributed by atoms with Crippen LogP contribution < -0.4 is 5.32 Å². The van der Waals surface area contributed by atoms with Gasteiger partial charge in [-0.1, -0.05) is 26.7 Å². The van der Waals surface area contributed by atoms with E-state index in [9.17, 15) is 19.5 Å². The van der Waals surface area contributed by atoms with Gasteiger partial charge in [-0.15, -0.1) is 0 Å². The summed E-state index contributed by atoms with van der Waals surface area (Å²) in [4.78, 5) is 43.0. The number of carbonyl (C=O) groups is 3. The molecule has 10 nitrogen and oxygen atoms in total. The molecule has 0 saturated heterocycles. The van der Waals surface area contributed by atoms with Crippen molar-refractivity contribution in [3.05, 3.63) is 29.7 Å². The summed E-state index contributed by atoms with van der Waals surface area (Å²) in [5, 5.41) is 16.7. The van der Waals surface area contributed by atoms with Gasteiger partial charge in [0.05, 0.1) is 40.8 Å². The van der Waals surface area contributed by atoms with E-state index in [-0.39, 0.29) is 12.5 Å². The molecule has 196 valence electrons. The van der Waals surface area contributed by atoms with E-state index in [1.54, 1.807) is 48.9 Å². The van der Waals surface area contributed by atoms with Crippen LogP contribution in [0.2, 0.25) is 0 Å². The molecule has 2 aromatic rings. The molecule has 2 aromatic heterocycles. The second-order valence-electron chi connectivity index (χ2n) is 9.94. The maximum absolute atomic E-state index is 12.9. The largest absolute Gasteiger partial charge is 0.481 e. The Morgan fingerprint density at radius 2 is 1.92 bits per heavy atom. The summed E-state index contributed by atoms with van der Waals surface area (Å²) in [7, 11) is 3.50. The zero-order valence-electron chi connectivity index (χ0n) is 21.8. The lowest BCUT2D eigenvalue weighted by Gasteiger charge is -2.27. The summed E-state index contributed by atoms with van der Waals surface area (Å²) in [5.74, 6) is -1.91. The van der Waals surface area contributed by atoms with Gasteiger partial charge in [0.1, 0.15) is 6.61 Å². The van der Waals surface area contributed by atoms with Gasteiger partial charge >= 0.3 is 12.1 Å². The van der Waals surface area contributed by atoms with Crippen molar-refractivity contribution in [1.29, 1.82) is 0 Å². The molecule has 1 saturated carbocycles. The molecule has 3 rings (SSSR count). The number of aliphatic carboxylic acids is 1. The molecule has 1 aliphatic rings. The van der Waals surface area contributed by atoms with Crippen LogP contribution in [0.5, 0.6) is 0 Å². The summed E-state index contributed by atoms with van der Waals surface area (Å²) in [6.45, 7) is 6.67. The number of carboxylic acid groups (broad SMARTS) is 1. The second kappa shape index (κ2) is 12.0. The number of ether oxygens (including phenoxy) is 1. The maximum Gasteiger partial charge on any atom is 0.409 e. The summed E-state index contributed by atoms with van der Waals surface area (Å²) >= 11 is 0. The number of hydrogen-bond donors (Lipinski definition) is 2. The molecule has 36 heavy (non-hydrogen) atoms. The number of anilines is 1. The van der Waals surface area contributed by atoms with Crippen LogP contribution in [0.15, 0.2) is 18.3 Å². The van der Waals surface area contributed by atoms with Crippen LogP contribution in [0.1, 0.15) is 57.3 Å². The van der Waals surface area contributed by atoms with Crippen molar-refractivity contribution in [2.45, 2.75) is 59.5 Å². The number of rotatable bonds is 9. The first kappa shape index (κ1) is 27.2. The molecule has 0 aromatic carbocycles. The van der Waals surface area contributed by atoms with Gasteiger partial charge in [-0.05, 0) is 44.2 Å². The Bertz CT molecular complexity index is 1100. The minimum absolute atomic E-state index is 0.0498. The molecular formula is C26H37N5O5. The fourth-order valence-electron chi connectivity index (χ4n) is 4.44. The van der Waals surface area contributed by atoms with E-state index in [1.807, 2.05) is 0 Å². The maximum atomic E-state index is 12.9. The third-order valence-electron chi connectivity index (χ3n) is 6.79. The Kier molecular flexibility index (Phi) is 9.06.